The molecule has 3 aromatic rings. The Morgan fingerprint density at radius 1 is 1.16 bits per heavy atom. The van der Waals surface area contributed by atoms with Gasteiger partial charge in [0.1, 0.15) is 11.6 Å². The van der Waals surface area contributed by atoms with Crippen molar-refractivity contribution in [3.63, 3.8) is 0 Å². The zero-order chi connectivity index (χ0) is 22.4. The highest BCUT2D eigenvalue weighted by Gasteiger charge is 2.16. The van der Waals surface area contributed by atoms with E-state index in [1.165, 1.54) is 18.2 Å². The standard InChI is InChI=1S/C23H26FN5O2/c1-5-29-16(3)18(15(2)28-29)14-25-23(26-20-12-8-9-13-21(20)31-4)27-22(30)17-10-6-7-11-19(17)24/h6-13H,5,14H2,1-4H3,(H2,25,26,27,30). The molecule has 0 radical (unpaired) electrons. The smallest absolute Gasteiger partial charge is 0.260 e. The van der Waals surface area contributed by atoms with Gasteiger partial charge < -0.3 is 10.1 Å². The first-order valence-corrected chi connectivity index (χ1v) is 9.97. The van der Waals surface area contributed by atoms with Gasteiger partial charge in [-0.1, -0.05) is 24.3 Å². The fourth-order valence-electron chi connectivity index (χ4n) is 3.23. The third-order valence-electron chi connectivity index (χ3n) is 4.94. The molecule has 1 amide bonds. The van der Waals surface area contributed by atoms with Crippen LogP contribution in [0.25, 0.3) is 0 Å². The summed E-state index contributed by atoms with van der Waals surface area (Å²) in [5.41, 5.74) is 3.42. The molecule has 1 aromatic heterocycles. The summed E-state index contributed by atoms with van der Waals surface area (Å²) < 4.78 is 21.4. The van der Waals surface area contributed by atoms with E-state index in [-0.39, 0.29) is 11.5 Å². The minimum atomic E-state index is -0.604. The largest absolute Gasteiger partial charge is 0.495 e. The lowest BCUT2D eigenvalue weighted by molar-refractivity contribution is 0.0973. The van der Waals surface area contributed by atoms with Gasteiger partial charge in [-0.25, -0.2) is 9.38 Å². The van der Waals surface area contributed by atoms with Crippen molar-refractivity contribution in [1.29, 1.82) is 0 Å². The highest BCUT2D eigenvalue weighted by Crippen LogP contribution is 2.23. The maximum atomic E-state index is 14.1. The number of halogens is 1. The van der Waals surface area contributed by atoms with E-state index in [0.717, 1.165) is 23.5 Å². The lowest BCUT2D eigenvalue weighted by atomic mass is 10.2. The molecule has 0 unspecified atom stereocenters. The molecular formula is C23H26FN5O2. The number of aromatic nitrogens is 2. The molecule has 0 fully saturated rings. The SMILES string of the molecule is CCn1nc(C)c(CN=C(NC(=O)c2ccccc2F)Nc2ccccc2OC)c1C. The zero-order valence-corrected chi connectivity index (χ0v) is 18.1. The monoisotopic (exact) mass is 423 g/mol. The number of guanidine groups is 1. The first-order valence-electron chi connectivity index (χ1n) is 9.97. The predicted molar refractivity (Wildman–Crippen MR) is 119 cm³/mol. The number of aliphatic imine (C=N–C) groups is 1. The molecule has 7 nitrogen and oxygen atoms in total. The third-order valence-corrected chi connectivity index (χ3v) is 4.94. The van der Waals surface area contributed by atoms with Gasteiger partial charge in [-0.15, -0.1) is 0 Å². The number of amides is 1. The number of hydrogen-bond acceptors (Lipinski definition) is 4. The van der Waals surface area contributed by atoms with Gasteiger partial charge in [-0.05, 0) is 45.0 Å². The van der Waals surface area contributed by atoms with E-state index < -0.39 is 11.7 Å². The lowest BCUT2D eigenvalue weighted by Crippen LogP contribution is -2.36. The summed E-state index contributed by atoms with van der Waals surface area (Å²) in [6, 6.07) is 13.1. The topological polar surface area (TPSA) is 80.5 Å². The Kier molecular flexibility index (Phi) is 7.02. The summed E-state index contributed by atoms with van der Waals surface area (Å²) in [6.07, 6.45) is 0. The molecule has 31 heavy (non-hydrogen) atoms. The number of methoxy groups -OCH3 is 1. The number of benzene rings is 2. The van der Waals surface area contributed by atoms with Crippen molar-refractivity contribution >= 4 is 17.6 Å². The molecule has 3 rings (SSSR count). The number of ether oxygens (including phenoxy) is 1. The van der Waals surface area contributed by atoms with Crippen molar-refractivity contribution in [2.75, 3.05) is 12.4 Å². The molecule has 0 saturated heterocycles. The fourth-order valence-corrected chi connectivity index (χ4v) is 3.23. The third kappa shape index (κ3) is 5.09. The van der Waals surface area contributed by atoms with Crippen LogP contribution in [0.1, 0.15) is 34.2 Å². The highest BCUT2D eigenvalue weighted by atomic mass is 19.1. The quantitative estimate of drug-likeness (QED) is 0.463. The predicted octanol–water partition coefficient (Wildman–Crippen LogP) is 4.07. The maximum absolute atomic E-state index is 14.1. The van der Waals surface area contributed by atoms with Crippen LogP contribution >= 0.6 is 0 Å². The van der Waals surface area contributed by atoms with E-state index in [1.807, 2.05) is 37.6 Å². The number of hydrogen-bond donors (Lipinski definition) is 2. The van der Waals surface area contributed by atoms with Crippen LogP contribution in [0.4, 0.5) is 10.1 Å². The van der Waals surface area contributed by atoms with E-state index in [9.17, 15) is 9.18 Å². The van der Waals surface area contributed by atoms with E-state index in [0.29, 0.717) is 18.0 Å². The number of nitrogens with zero attached hydrogens (tertiary/aromatic N) is 3. The number of rotatable bonds is 6. The number of carbonyl (C=O) groups is 1. The Balaban J connectivity index is 1.92. The van der Waals surface area contributed by atoms with E-state index in [2.05, 4.69) is 20.7 Å². The molecule has 0 spiro atoms. The average molecular weight is 423 g/mol. The van der Waals surface area contributed by atoms with Gasteiger partial charge in [0.2, 0.25) is 5.96 Å². The Morgan fingerprint density at radius 2 is 1.87 bits per heavy atom. The minimum Gasteiger partial charge on any atom is -0.495 e. The van der Waals surface area contributed by atoms with Crippen LogP contribution in [0.5, 0.6) is 5.75 Å². The number of anilines is 1. The Hall–Kier alpha value is -3.68. The van der Waals surface area contributed by atoms with Crippen LogP contribution in [0.2, 0.25) is 0 Å². The summed E-state index contributed by atoms with van der Waals surface area (Å²) in [6.45, 7) is 6.99. The van der Waals surface area contributed by atoms with E-state index in [1.54, 1.807) is 25.3 Å². The molecule has 2 aromatic carbocycles. The molecular weight excluding hydrogens is 397 g/mol. The van der Waals surface area contributed by atoms with Gasteiger partial charge in [0.25, 0.3) is 5.91 Å². The van der Waals surface area contributed by atoms with Crippen LogP contribution in [0, 0.1) is 19.7 Å². The summed E-state index contributed by atoms with van der Waals surface area (Å²) >= 11 is 0. The van der Waals surface area contributed by atoms with Gasteiger partial charge in [0, 0.05) is 17.8 Å². The van der Waals surface area contributed by atoms with Crippen molar-refractivity contribution in [3.05, 3.63) is 76.9 Å². The second kappa shape index (κ2) is 9.88. The summed E-state index contributed by atoms with van der Waals surface area (Å²) in [7, 11) is 1.56. The molecule has 1 heterocycles. The number of aryl methyl sites for hydroxylation is 2. The van der Waals surface area contributed by atoms with E-state index >= 15 is 0 Å². The second-order valence-corrected chi connectivity index (χ2v) is 6.89. The Morgan fingerprint density at radius 3 is 2.55 bits per heavy atom. The molecule has 0 aliphatic rings. The van der Waals surface area contributed by atoms with Crippen LogP contribution in [0.15, 0.2) is 53.5 Å². The Labute approximate surface area is 181 Å². The molecule has 0 aliphatic carbocycles. The van der Waals surface area contributed by atoms with Crippen molar-refractivity contribution < 1.29 is 13.9 Å². The summed E-state index contributed by atoms with van der Waals surface area (Å²) in [4.78, 5) is 17.3. The van der Waals surface area contributed by atoms with Gasteiger partial charge in [-0.3, -0.25) is 14.8 Å². The second-order valence-electron chi connectivity index (χ2n) is 6.89. The van der Waals surface area contributed by atoms with Crippen LogP contribution in [0.3, 0.4) is 0 Å². The van der Waals surface area contributed by atoms with Crippen molar-refractivity contribution in [2.45, 2.75) is 33.9 Å². The fraction of sp³-hybridized carbons (Fsp3) is 0.261. The average Bonchev–Trinajstić information content (AvgIpc) is 3.05. The number of carbonyl (C=O) groups excluding carboxylic acids is 1. The zero-order valence-electron chi connectivity index (χ0n) is 18.1. The van der Waals surface area contributed by atoms with Gasteiger partial charge in [0.05, 0.1) is 30.6 Å². The molecule has 0 saturated carbocycles. The molecule has 0 bridgehead atoms. The van der Waals surface area contributed by atoms with Gasteiger partial charge in [-0.2, -0.15) is 5.10 Å². The van der Waals surface area contributed by atoms with Crippen molar-refractivity contribution in [2.24, 2.45) is 4.99 Å². The van der Waals surface area contributed by atoms with Gasteiger partial charge in [0.15, 0.2) is 0 Å². The summed E-state index contributed by atoms with van der Waals surface area (Å²) in [5.74, 6) is -0.438. The van der Waals surface area contributed by atoms with Crippen LogP contribution in [-0.4, -0.2) is 28.8 Å². The molecule has 0 aliphatic heterocycles. The van der Waals surface area contributed by atoms with Crippen molar-refractivity contribution in [3.8, 4) is 5.75 Å². The summed E-state index contributed by atoms with van der Waals surface area (Å²) in [5, 5.41) is 10.3. The Bertz CT molecular complexity index is 1110. The molecule has 0 atom stereocenters. The minimum absolute atomic E-state index is 0.0665. The first kappa shape index (κ1) is 22.0. The first-order chi connectivity index (χ1) is 14.9. The van der Waals surface area contributed by atoms with Gasteiger partial charge >= 0.3 is 0 Å². The molecule has 8 heteroatoms. The lowest BCUT2D eigenvalue weighted by Gasteiger charge is -2.14. The van der Waals surface area contributed by atoms with E-state index in [4.69, 9.17) is 4.74 Å². The number of para-hydroxylation sites is 2. The maximum Gasteiger partial charge on any atom is 0.260 e. The highest BCUT2D eigenvalue weighted by molar-refractivity contribution is 6.10. The molecule has 162 valence electrons. The number of nitrogens with one attached hydrogen (secondary N) is 2. The normalized spacial score (nSPS) is 11.3. The van der Waals surface area contributed by atoms with Crippen molar-refractivity contribution in [1.82, 2.24) is 15.1 Å². The van der Waals surface area contributed by atoms with Crippen LogP contribution in [-0.2, 0) is 13.1 Å². The molecule has 2 N–H and O–H groups in total. The van der Waals surface area contributed by atoms with Crippen LogP contribution < -0.4 is 15.4 Å².